The number of nitrogens with one attached hydrogen (secondary N) is 2. The monoisotopic (exact) mass is 497 g/mol. The molecule has 0 saturated heterocycles. The molecule has 0 fully saturated rings. The largest absolute Gasteiger partial charge is 0.457 e. The topological polar surface area (TPSA) is 128 Å². The maximum absolute atomic E-state index is 12.6. The SMILES string of the molecule is O=C(NN=Cc1ccccc1OC(=O)c1ccco1)c1cccc(NC(=O)c2ccc3c(c2)OCO3)c1. The quantitative estimate of drug-likeness (QED) is 0.169. The number of hydrogen-bond acceptors (Lipinski definition) is 8. The number of para-hydroxylation sites is 1. The van der Waals surface area contributed by atoms with Gasteiger partial charge in [0.1, 0.15) is 5.75 Å². The maximum atomic E-state index is 12.6. The molecule has 1 aliphatic heterocycles. The summed E-state index contributed by atoms with van der Waals surface area (Å²) >= 11 is 0. The molecule has 1 aliphatic rings. The van der Waals surface area contributed by atoms with E-state index in [0.717, 1.165) is 0 Å². The summed E-state index contributed by atoms with van der Waals surface area (Å²) in [5.74, 6) is -0.143. The predicted molar refractivity (Wildman–Crippen MR) is 132 cm³/mol. The van der Waals surface area contributed by atoms with Crippen molar-refractivity contribution in [3.05, 3.63) is 108 Å². The van der Waals surface area contributed by atoms with Gasteiger partial charge in [0, 0.05) is 22.4 Å². The smallest absolute Gasteiger partial charge is 0.379 e. The summed E-state index contributed by atoms with van der Waals surface area (Å²) in [6.07, 6.45) is 2.73. The van der Waals surface area contributed by atoms with Gasteiger partial charge in [0.15, 0.2) is 11.5 Å². The molecule has 0 unspecified atom stereocenters. The van der Waals surface area contributed by atoms with Crippen molar-refractivity contribution >= 4 is 29.7 Å². The van der Waals surface area contributed by atoms with Crippen LogP contribution in [0.3, 0.4) is 0 Å². The van der Waals surface area contributed by atoms with Crippen molar-refractivity contribution in [1.82, 2.24) is 5.43 Å². The lowest BCUT2D eigenvalue weighted by Gasteiger charge is -2.08. The van der Waals surface area contributed by atoms with Gasteiger partial charge >= 0.3 is 5.97 Å². The minimum absolute atomic E-state index is 0.0607. The molecule has 184 valence electrons. The number of esters is 1. The zero-order valence-electron chi connectivity index (χ0n) is 19.2. The third-order valence-corrected chi connectivity index (χ3v) is 5.23. The molecule has 10 nitrogen and oxygen atoms in total. The van der Waals surface area contributed by atoms with Crippen molar-refractivity contribution < 1.29 is 33.0 Å². The first-order valence-electron chi connectivity index (χ1n) is 11.1. The van der Waals surface area contributed by atoms with Crippen LogP contribution < -0.4 is 25.0 Å². The van der Waals surface area contributed by atoms with Crippen molar-refractivity contribution in [3.8, 4) is 17.2 Å². The Morgan fingerprint density at radius 2 is 1.68 bits per heavy atom. The normalized spacial score (nSPS) is 11.8. The lowest BCUT2D eigenvalue weighted by atomic mass is 10.1. The van der Waals surface area contributed by atoms with E-state index in [2.05, 4.69) is 15.8 Å². The van der Waals surface area contributed by atoms with Crippen molar-refractivity contribution in [1.29, 1.82) is 0 Å². The average Bonchev–Trinajstić information content (AvgIpc) is 3.62. The van der Waals surface area contributed by atoms with Gasteiger partial charge < -0.3 is 23.9 Å². The van der Waals surface area contributed by atoms with Crippen molar-refractivity contribution in [3.63, 3.8) is 0 Å². The Morgan fingerprint density at radius 1 is 0.838 bits per heavy atom. The average molecular weight is 497 g/mol. The van der Waals surface area contributed by atoms with E-state index in [1.165, 1.54) is 24.6 Å². The summed E-state index contributed by atoms with van der Waals surface area (Å²) in [6.45, 7) is 0.113. The molecule has 10 heteroatoms. The summed E-state index contributed by atoms with van der Waals surface area (Å²) < 4.78 is 21.0. The highest BCUT2D eigenvalue weighted by Gasteiger charge is 2.17. The number of hydrogen-bond donors (Lipinski definition) is 2. The number of fused-ring (bicyclic) bond motifs is 1. The Balaban J connectivity index is 1.22. The highest BCUT2D eigenvalue weighted by atomic mass is 16.7. The van der Waals surface area contributed by atoms with Gasteiger partial charge in [0.25, 0.3) is 11.8 Å². The Bertz CT molecular complexity index is 1500. The predicted octanol–water partition coefficient (Wildman–Crippen LogP) is 4.24. The molecule has 0 atom stereocenters. The minimum atomic E-state index is -0.658. The molecular weight excluding hydrogens is 478 g/mol. The van der Waals surface area contributed by atoms with Gasteiger partial charge in [0.05, 0.1) is 12.5 Å². The zero-order valence-corrected chi connectivity index (χ0v) is 19.2. The van der Waals surface area contributed by atoms with E-state index >= 15 is 0 Å². The van der Waals surface area contributed by atoms with Gasteiger partial charge in [-0.25, -0.2) is 10.2 Å². The van der Waals surface area contributed by atoms with E-state index in [-0.39, 0.29) is 29.8 Å². The fourth-order valence-electron chi connectivity index (χ4n) is 3.43. The lowest BCUT2D eigenvalue weighted by molar-refractivity contribution is 0.0700. The third kappa shape index (κ3) is 5.49. The number of anilines is 1. The summed E-state index contributed by atoms with van der Waals surface area (Å²) in [4.78, 5) is 37.4. The first-order valence-corrected chi connectivity index (χ1v) is 11.1. The van der Waals surface area contributed by atoms with Gasteiger partial charge in [-0.15, -0.1) is 0 Å². The van der Waals surface area contributed by atoms with Gasteiger partial charge in [-0.3, -0.25) is 9.59 Å². The van der Waals surface area contributed by atoms with E-state index in [1.807, 2.05) is 0 Å². The minimum Gasteiger partial charge on any atom is -0.457 e. The maximum Gasteiger partial charge on any atom is 0.379 e. The standard InChI is InChI=1S/C27H19N3O7/c31-25(18-10-11-22-24(14-18)36-16-35-22)29-20-7-3-6-17(13-20)26(32)30-28-15-19-5-1-2-8-21(19)37-27(33)23-9-4-12-34-23/h1-15H,16H2,(H,29,31)(H,30,32). The van der Waals surface area contributed by atoms with E-state index < -0.39 is 11.9 Å². The zero-order chi connectivity index (χ0) is 25.6. The van der Waals surface area contributed by atoms with Crippen LogP contribution in [0.4, 0.5) is 5.69 Å². The molecule has 2 amide bonds. The van der Waals surface area contributed by atoms with Gasteiger partial charge in [0.2, 0.25) is 12.6 Å². The van der Waals surface area contributed by atoms with Crippen LogP contribution >= 0.6 is 0 Å². The molecule has 0 aliphatic carbocycles. The lowest BCUT2D eigenvalue weighted by Crippen LogP contribution is -2.18. The van der Waals surface area contributed by atoms with E-state index in [4.69, 9.17) is 18.6 Å². The molecule has 1 aromatic heterocycles. The first-order chi connectivity index (χ1) is 18.1. The molecule has 37 heavy (non-hydrogen) atoms. The fourth-order valence-corrected chi connectivity index (χ4v) is 3.43. The Labute approximate surface area is 210 Å². The highest BCUT2D eigenvalue weighted by Crippen LogP contribution is 2.32. The number of carbonyl (C=O) groups is 3. The molecule has 4 aromatic rings. The van der Waals surface area contributed by atoms with Crippen LogP contribution in [0.25, 0.3) is 0 Å². The van der Waals surface area contributed by atoms with Crippen LogP contribution in [0.5, 0.6) is 17.2 Å². The van der Waals surface area contributed by atoms with Gasteiger partial charge in [-0.1, -0.05) is 18.2 Å². The molecule has 0 bridgehead atoms. The van der Waals surface area contributed by atoms with E-state index in [1.54, 1.807) is 66.7 Å². The first kappa shape index (κ1) is 23.4. The Hall–Kier alpha value is -5.38. The number of furan rings is 1. The van der Waals surface area contributed by atoms with Crippen LogP contribution in [-0.4, -0.2) is 30.8 Å². The van der Waals surface area contributed by atoms with Crippen LogP contribution in [0.15, 0.2) is 94.6 Å². The van der Waals surface area contributed by atoms with Gasteiger partial charge in [-0.2, -0.15) is 5.10 Å². The third-order valence-electron chi connectivity index (χ3n) is 5.23. The number of hydrazone groups is 1. The van der Waals surface area contributed by atoms with Crippen molar-refractivity contribution in [2.24, 2.45) is 5.10 Å². The molecule has 2 heterocycles. The van der Waals surface area contributed by atoms with Crippen LogP contribution in [0, 0.1) is 0 Å². The fraction of sp³-hybridized carbons (Fsp3) is 0.0370. The van der Waals surface area contributed by atoms with Crippen molar-refractivity contribution in [2.45, 2.75) is 0 Å². The molecule has 2 N–H and O–H groups in total. The summed E-state index contributed by atoms with van der Waals surface area (Å²) in [5.41, 5.74) is 3.98. The molecule has 5 rings (SSSR count). The Kier molecular flexibility index (Phi) is 6.62. The number of rotatable bonds is 7. The van der Waals surface area contributed by atoms with Crippen molar-refractivity contribution in [2.75, 3.05) is 12.1 Å². The second-order valence-corrected chi connectivity index (χ2v) is 7.71. The number of ether oxygens (including phenoxy) is 3. The number of benzene rings is 3. The highest BCUT2D eigenvalue weighted by molar-refractivity contribution is 6.05. The molecule has 0 spiro atoms. The number of nitrogens with zero attached hydrogens (tertiary/aromatic N) is 1. The van der Waals surface area contributed by atoms with E-state index in [0.29, 0.717) is 28.3 Å². The van der Waals surface area contributed by atoms with Crippen LogP contribution in [-0.2, 0) is 0 Å². The molecular formula is C27H19N3O7. The number of amides is 2. The second kappa shape index (κ2) is 10.5. The molecule has 0 radical (unpaired) electrons. The van der Waals surface area contributed by atoms with E-state index in [9.17, 15) is 14.4 Å². The second-order valence-electron chi connectivity index (χ2n) is 7.71. The van der Waals surface area contributed by atoms with Gasteiger partial charge in [-0.05, 0) is 60.7 Å². The summed E-state index contributed by atoms with van der Waals surface area (Å²) in [5, 5.41) is 6.72. The molecule has 0 saturated carbocycles. The van der Waals surface area contributed by atoms with Crippen LogP contribution in [0.2, 0.25) is 0 Å². The number of carbonyl (C=O) groups excluding carboxylic acids is 3. The van der Waals surface area contributed by atoms with Crippen LogP contribution in [0.1, 0.15) is 36.8 Å². The molecule has 3 aromatic carbocycles. The summed E-state index contributed by atoms with van der Waals surface area (Å²) in [6, 6.07) is 21.1. The summed E-state index contributed by atoms with van der Waals surface area (Å²) in [7, 11) is 0. The Morgan fingerprint density at radius 3 is 2.54 bits per heavy atom.